The zero-order valence-electron chi connectivity index (χ0n) is 10.1. The molecule has 1 heterocycles. The molecule has 18 heavy (non-hydrogen) atoms. The summed E-state index contributed by atoms with van der Waals surface area (Å²) in [5.74, 6) is 2.42. The van der Waals surface area contributed by atoms with Gasteiger partial charge >= 0.3 is 0 Å². The van der Waals surface area contributed by atoms with Crippen LogP contribution >= 0.6 is 0 Å². The highest BCUT2D eigenvalue weighted by Crippen LogP contribution is 2.19. The van der Waals surface area contributed by atoms with Gasteiger partial charge in [-0.05, 0) is 6.07 Å². The predicted molar refractivity (Wildman–Crippen MR) is 72.2 cm³/mol. The molecule has 1 aromatic heterocycles. The van der Waals surface area contributed by atoms with Gasteiger partial charge in [0.05, 0.1) is 12.8 Å². The summed E-state index contributed by atoms with van der Waals surface area (Å²) in [6.07, 6.45) is 8.89. The van der Waals surface area contributed by atoms with Gasteiger partial charge in [0, 0.05) is 29.6 Å². The van der Waals surface area contributed by atoms with Gasteiger partial charge in [-0.15, -0.1) is 6.42 Å². The zero-order chi connectivity index (χ0) is 13.0. The maximum atomic E-state index is 10.7. The summed E-state index contributed by atoms with van der Waals surface area (Å²) in [6.45, 7) is 1.92. The minimum atomic E-state index is -0.196. The lowest BCUT2D eigenvalue weighted by atomic mass is 10.2. The van der Waals surface area contributed by atoms with Crippen LogP contribution < -0.4 is 5.43 Å². The molecule has 0 atom stereocenters. The Bertz CT molecular complexity index is 647. The van der Waals surface area contributed by atoms with Crippen molar-refractivity contribution < 1.29 is 4.79 Å². The van der Waals surface area contributed by atoms with Crippen molar-refractivity contribution in [3.63, 3.8) is 0 Å². The van der Waals surface area contributed by atoms with Crippen LogP contribution in [0.15, 0.2) is 35.6 Å². The smallest absolute Gasteiger partial charge is 0.236 e. The molecule has 90 valence electrons. The summed E-state index contributed by atoms with van der Waals surface area (Å²) < 4.78 is 1.98. The molecule has 0 bridgehead atoms. The number of hydrogen-bond donors (Lipinski definition) is 1. The molecular weight excluding hydrogens is 226 g/mol. The number of para-hydroxylation sites is 1. The van der Waals surface area contributed by atoms with Gasteiger partial charge in [0.2, 0.25) is 5.91 Å². The van der Waals surface area contributed by atoms with Gasteiger partial charge in [-0.2, -0.15) is 5.10 Å². The average molecular weight is 239 g/mol. The van der Waals surface area contributed by atoms with E-state index in [4.69, 9.17) is 6.42 Å². The van der Waals surface area contributed by atoms with E-state index < -0.39 is 0 Å². The number of rotatable bonds is 3. The summed E-state index contributed by atoms with van der Waals surface area (Å²) >= 11 is 0. The second-order valence-electron chi connectivity index (χ2n) is 3.86. The van der Waals surface area contributed by atoms with Crippen LogP contribution in [0.25, 0.3) is 10.9 Å². The van der Waals surface area contributed by atoms with E-state index in [-0.39, 0.29) is 5.91 Å². The second-order valence-corrected chi connectivity index (χ2v) is 3.86. The number of aromatic nitrogens is 1. The van der Waals surface area contributed by atoms with Gasteiger partial charge in [0.25, 0.3) is 0 Å². The molecule has 4 heteroatoms. The maximum Gasteiger partial charge on any atom is 0.236 e. The highest BCUT2D eigenvalue weighted by atomic mass is 16.2. The minimum absolute atomic E-state index is 0.196. The molecule has 0 fully saturated rings. The molecule has 2 rings (SSSR count). The molecule has 1 aromatic carbocycles. The molecule has 0 aliphatic carbocycles. The predicted octanol–water partition coefficient (Wildman–Crippen LogP) is 1.74. The number of amides is 1. The normalized spacial score (nSPS) is 10.7. The number of hydrazone groups is 1. The fourth-order valence-electron chi connectivity index (χ4n) is 1.80. The van der Waals surface area contributed by atoms with Crippen molar-refractivity contribution in [2.24, 2.45) is 5.10 Å². The Morgan fingerprint density at radius 2 is 2.33 bits per heavy atom. The molecule has 4 nitrogen and oxygen atoms in total. The molecule has 0 aliphatic rings. The van der Waals surface area contributed by atoms with E-state index in [1.165, 1.54) is 6.92 Å². The van der Waals surface area contributed by atoms with E-state index in [1.807, 2.05) is 35.0 Å². The van der Waals surface area contributed by atoms with Crippen LogP contribution in [0.1, 0.15) is 12.5 Å². The zero-order valence-corrected chi connectivity index (χ0v) is 10.1. The molecule has 0 saturated carbocycles. The van der Waals surface area contributed by atoms with Gasteiger partial charge in [0.1, 0.15) is 0 Å². The number of carbonyl (C=O) groups is 1. The first-order chi connectivity index (χ1) is 8.72. The number of nitrogens with zero attached hydrogens (tertiary/aromatic N) is 2. The van der Waals surface area contributed by atoms with Gasteiger partial charge in [-0.25, -0.2) is 5.43 Å². The first-order valence-electron chi connectivity index (χ1n) is 5.53. The van der Waals surface area contributed by atoms with E-state index in [9.17, 15) is 4.79 Å². The highest BCUT2D eigenvalue weighted by molar-refractivity contribution is 5.99. The van der Waals surface area contributed by atoms with Crippen LogP contribution in [0, 0.1) is 12.3 Å². The van der Waals surface area contributed by atoms with Crippen LogP contribution in [0.4, 0.5) is 0 Å². The van der Waals surface area contributed by atoms with E-state index in [2.05, 4.69) is 16.4 Å². The van der Waals surface area contributed by atoms with Crippen molar-refractivity contribution in [1.29, 1.82) is 0 Å². The molecule has 2 aromatic rings. The Balaban J connectivity index is 2.42. The van der Waals surface area contributed by atoms with Crippen LogP contribution in [-0.2, 0) is 11.3 Å². The van der Waals surface area contributed by atoms with Crippen LogP contribution in [-0.4, -0.2) is 16.7 Å². The fraction of sp³-hybridized carbons (Fsp3) is 0.143. The summed E-state index contributed by atoms with van der Waals surface area (Å²) in [6, 6.07) is 7.92. The van der Waals surface area contributed by atoms with Crippen molar-refractivity contribution in [2.75, 3.05) is 0 Å². The number of terminal acetylenes is 1. The summed E-state index contributed by atoms with van der Waals surface area (Å²) in [7, 11) is 0. The van der Waals surface area contributed by atoms with Gasteiger partial charge < -0.3 is 4.57 Å². The van der Waals surface area contributed by atoms with E-state index >= 15 is 0 Å². The number of fused-ring (bicyclic) bond motifs is 1. The van der Waals surface area contributed by atoms with Crippen LogP contribution in [0.2, 0.25) is 0 Å². The van der Waals surface area contributed by atoms with Crippen molar-refractivity contribution in [2.45, 2.75) is 13.5 Å². The Kier molecular flexibility index (Phi) is 3.44. The number of carbonyl (C=O) groups excluding carboxylic acids is 1. The van der Waals surface area contributed by atoms with Crippen molar-refractivity contribution in [3.8, 4) is 12.3 Å². The van der Waals surface area contributed by atoms with E-state index in [0.717, 1.165) is 16.5 Å². The molecule has 0 saturated heterocycles. The minimum Gasteiger partial charge on any atom is -0.335 e. The van der Waals surface area contributed by atoms with Gasteiger partial charge in [0.15, 0.2) is 0 Å². The quantitative estimate of drug-likeness (QED) is 0.495. The summed E-state index contributed by atoms with van der Waals surface area (Å²) in [4.78, 5) is 10.7. The summed E-state index contributed by atoms with van der Waals surface area (Å²) in [5.41, 5.74) is 4.36. The molecular formula is C14H13N3O. The lowest BCUT2D eigenvalue weighted by molar-refractivity contribution is -0.118. The molecule has 1 amide bonds. The Morgan fingerprint density at radius 3 is 3.06 bits per heavy atom. The second kappa shape index (κ2) is 5.19. The average Bonchev–Trinajstić information content (AvgIpc) is 2.69. The lowest BCUT2D eigenvalue weighted by Gasteiger charge is -1.97. The van der Waals surface area contributed by atoms with Crippen LogP contribution in [0.3, 0.4) is 0 Å². The largest absolute Gasteiger partial charge is 0.335 e. The molecule has 0 unspecified atom stereocenters. The number of hydrogen-bond acceptors (Lipinski definition) is 2. The third-order valence-electron chi connectivity index (χ3n) is 2.51. The first-order valence-corrected chi connectivity index (χ1v) is 5.53. The Hall–Kier alpha value is -2.54. The third kappa shape index (κ3) is 2.41. The fourth-order valence-corrected chi connectivity index (χ4v) is 1.80. The van der Waals surface area contributed by atoms with E-state index in [1.54, 1.807) is 6.21 Å². The molecule has 1 N–H and O–H groups in total. The van der Waals surface area contributed by atoms with E-state index in [0.29, 0.717) is 6.54 Å². The van der Waals surface area contributed by atoms with Gasteiger partial charge in [-0.3, -0.25) is 4.79 Å². The molecule has 0 aliphatic heterocycles. The lowest BCUT2D eigenvalue weighted by Crippen LogP contribution is -2.12. The van der Waals surface area contributed by atoms with Crippen molar-refractivity contribution >= 4 is 23.0 Å². The SMILES string of the molecule is C#CCn1cc(/C=N\NC(C)=O)c2ccccc21. The highest BCUT2D eigenvalue weighted by Gasteiger charge is 2.05. The summed E-state index contributed by atoms with van der Waals surface area (Å²) in [5, 5.41) is 4.93. The first kappa shape index (κ1) is 11.9. The standard InChI is InChI=1S/C14H13N3O/c1-3-8-17-10-12(9-15-16-11(2)18)13-6-4-5-7-14(13)17/h1,4-7,9-10H,8H2,2H3,(H,16,18)/b15-9-. The monoisotopic (exact) mass is 239 g/mol. The Labute approximate surface area is 105 Å². The van der Waals surface area contributed by atoms with Crippen molar-refractivity contribution in [1.82, 2.24) is 9.99 Å². The third-order valence-corrected chi connectivity index (χ3v) is 2.51. The number of benzene rings is 1. The molecule has 0 radical (unpaired) electrons. The molecule has 0 spiro atoms. The van der Waals surface area contributed by atoms with Gasteiger partial charge in [-0.1, -0.05) is 24.1 Å². The van der Waals surface area contributed by atoms with Crippen LogP contribution in [0.5, 0.6) is 0 Å². The Morgan fingerprint density at radius 1 is 1.56 bits per heavy atom. The topological polar surface area (TPSA) is 46.4 Å². The van der Waals surface area contributed by atoms with Crippen molar-refractivity contribution in [3.05, 3.63) is 36.0 Å². The maximum absolute atomic E-state index is 10.7. The number of nitrogens with one attached hydrogen (secondary N) is 1.